The Bertz CT molecular complexity index is 859. The molecule has 0 N–H and O–H groups in total. The van der Waals surface area contributed by atoms with Gasteiger partial charge in [-0.25, -0.2) is 0 Å². The summed E-state index contributed by atoms with van der Waals surface area (Å²) >= 11 is 0. The summed E-state index contributed by atoms with van der Waals surface area (Å²) in [6.45, 7) is 2.20. The molecule has 0 aromatic heterocycles. The van der Waals surface area contributed by atoms with Crippen molar-refractivity contribution >= 4 is 0 Å². The van der Waals surface area contributed by atoms with Gasteiger partial charge in [-0.2, -0.15) is 30.7 Å². The van der Waals surface area contributed by atoms with Crippen LogP contribution in [0.2, 0.25) is 0 Å². The van der Waals surface area contributed by atoms with E-state index in [-0.39, 0.29) is 0 Å². The molecule has 0 aliphatic heterocycles. The Labute approximate surface area is 183 Å². The lowest BCUT2D eigenvalue weighted by Gasteiger charge is -2.29. The molecule has 1 saturated carbocycles. The first-order valence-electron chi connectivity index (χ1n) is 11.0. The minimum absolute atomic E-state index is 0.467. The molecule has 0 amide bonds. The van der Waals surface area contributed by atoms with Crippen molar-refractivity contribution in [2.75, 3.05) is 0 Å². The highest BCUT2D eigenvalue weighted by Gasteiger charge is 2.73. The summed E-state index contributed by atoms with van der Waals surface area (Å²) in [6.07, 6.45) is 2.10. The summed E-state index contributed by atoms with van der Waals surface area (Å²) < 4.78 is 91.4. The second kappa shape index (κ2) is 9.44. The molecule has 176 valence electrons. The van der Waals surface area contributed by atoms with Crippen molar-refractivity contribution in [3.63, 3.8) is 0 Å². The number of benzene rings is 2. The van der Waals surface area contributed by atoms with Crippen molar-refractivity contribution in [3.8, 4) is 11.1 Å². The fourth-order valence-electron chi connectivity index (χ4n) is 4.46. The summed E-state index contributed by atoms with van der Waals surface area (Å²) in [5.41, 5.74) is 0.980. The van der Waals surface area contributed by atoms with E-state index in [4.69, 9.17) is 0 Å². The Hall–Kier alpha value is -2.05. The zero-order valence-corrected chi connectivity index (χ0v) is 17.9. The third-order valence-electron chi connectivity index (χ3n) is 6.53. The first-order chi connectivity index (χ1) is 15.0. The molecule has 1 aliphatic rings. The quantitative estimate of drug-likeness (QED) is 0.362. The van der Waals surface area contributed by atoms with E-state index in [1.54, 1.807) is 0 Å². The first kappa shape index (κ1) is 24.6. The van der Waals surface area contributed by atoms with Crippen LogP contribution in [0, 0.1) is 5.92 Å². The fraction of sp³-hybridized carbons (Fsp3) is 0.520. The zero-order valence-electron chi connectivity index (χ0n) is 17.9. The second-order valence-corrected chi connectivity index (χ2v) is 8.71. The van der Waals surface area contributed by atoms with Crippen LogP contribution in [0.15, 0.2) is 48.5 Å². The lowest BCUT2D eigenvalue weighted by Crippen LogP contribution is -2.49. The van der Waals surface area contributed by atoms with E-state index in [1.807, 2.05) is 24.3 Å². The Balaban J connectivity index is 1.68. The molecule has 0 heterocycles. The third-order valence-corrected chi connectivity index (χ3v) is 6.53. The topological polar surface area (TPSA) is 0 Å². The summed E-state index contributed by atoms with van der Waals surface area (Å²) in [5.74, 6) is -10.2. The average Bonchev–Trinajstić information content (AvgIpc) is 2.77. The van der Waals surface area contributed by atoms with Gasteiger partial charge in [-0.3, -0.25) is 0 Å². The van der Waals surface area contributed by atoms with Crippen molar-refractivity contribution in [3.05, 3.63) is 59.7 Å². The second-order valence-electron chi connectivity index (χ2n) is 8.71. The number of hydrogen-bond acceptors (Lipinski definition) is 0. The van der Waals surface area contributed by atoms with Crippen molar-refractivity contribution < 1.29 is 30.7 Å². The van der Waals surface area contributed by atoms with Gasteiger partial charge in [-0.1, -0.05) is 74.7 Å². The number of halogens is 7. The molecule has 0 nitrogen and oxygen atoms in total. The van der Waals surface area contributed by atoms with Crippen LogP contribution in [0.1, 0.15) is 68.9 Å². The lowest BCUT2D eigenvalue weighted by atomic mass is 9.77. The van der Waals surface area contributed by atoms with Gasteiger partial charge in [0.25, 0.3) is 0 Å². The van der Waals surface area contributed by atoms with E-state index >= 15 is 0 Å². The molecule has 32 heavy (non-hydrogen) atoms. The fourth-order valence-corrected chi connectivity index (χ4v) is 4.46. The van der Waals surface area contributed by atoms with Gasteiger partial charge >= 0.3 is 18.0 Å². The SMILES string of the molecule is CCCCC1CCC(c2ccc(-c3ccc(C(F)(F)C(F)(F)C(F)(F)F)cc3)cc2)CC1. The van der Waals surface area contributed by atoms with Gasteiger partial charge in [0.1, 0.15) is 0 Å². The summed E-state index contributed by atoms with van der Waals surface area (Å²) in [7, 11) is 0. The van der Waals surface area contributed by atoms with E-state index in [9.17, 15) is 30.7 Å². The molecule has 0 spiro atoms. The smallest absolute Gasteiger partial charge is 0.194 e. The van der Waals surface area contributed by atoms with Crippen molar-refractivity contribution in [1.29, 1.82) is 0 Å². The van der Waals surface area contributed by atoms with Gasteiger partial charge in [-0.05, 0) is 54.2 Å². The van der Waals surface area contributed by atoms with Gasteiger partial charge in [0.2, 0.25) is 0 Å². The van der Waals surface area contributed by atoms with Crippen LogP contribution in [-0.2, 0) is 5.92 Å². The maximum absolute atomic E-state index is 13.8. The molecule has 0 saturated heterocycles. The highest BCUT2D eigenvalue weighted by Crippen LogP contribution is 2.51. The molecule has 2 aromatic rings. The highest BCUT2D eigenvalue weighted by atomic mass is 19.4. The molecule has 7 heteroatoms. The predicted octanol–water partition coefficient (Wildman–Crippen LogP) is 9.11. The molecule has 0 bridgehead atoms. The molecule has 1 aliphatic carbocycles. The van der Waals surface area contributed by atoms with Crippen LogP contribution in [0.5, 0.6) is 0 Å². The molecular formula is C25H27F7. The van der Waals surface area contributed by atoms with Crippen LogP contribution in [0.25, 0.3) is 11.1 Å². The van der Waals surface area contributed by atoms with E-state index < -0.39 is 23.6 Å². The number of alkyl halides is 7. The van der Waals surface area contributed by atoms with Crippen LogP contribution >= 0.6 is 0 Å². The van der Waals surface area contributed by atoms with Gasteiger partial charge in [0.15, 0.2) is 0 Å². The minimum Gasteiger partial charge on any atom is -0.194 e. The van der Waals surface area contributed by atoms with Crippen molar-refractivity contribution in [2.24, 2.45) is 5.92 Å². The largest absolute Gasteiger partial charge is 0.460 e. The standard InChI is InChI=1S/C25H27F7/c1-2-3-4-17-5-7-18(8-6-17)19-9-11-20(12-10-19)21-13-15-22(16-14-21)23(26,27)24(28,29)25(30,31)32/h9-18H,2-8H2,1H3. The highest BCUT2D eigenvalue weighted by molar-refractivity contribution is 5.64. The molecule has 2 aromatic carbocycles. The summed E-state index contributed by atoms with van der Waals surface area (Å²) in [6, 6.07) is 11.2. The molecule has 1 fully saturated rings. The normalized spacial score (nSPS) is 20.4. The third kappa shape index (κ3) is 4.96. The Morgan fingerprint density at radius 3 is 1.69 bits per heavy atom. The maximum Gasteiger partial charge on any atom is 0.460 e. The Kier molecular flexibility index (Phi) is 7.25. The minimum atomic E-state index is -6.35. The lowest BCUT2D eigenvalue weighted by molar-refractivity contribution is -0.359. The van der Waals surface area contributed by atoms with Gasteiger partial charge in [-0.15, -0.1) is 0 Å². The van der Waals surface area contributed by atoms with Gasteiger partial charge < -0.3 is 0 Å². The van der Waals surface area contributed by atoms with E-state index in [0.29, 0.717) is 29.2 Å². The van der Waals surface area contributed by atoms with Crippen LogP contribution in [0.4, 0.5) is 30.7 Å². The van der Waals surface area contributed by atoms with E-state index in [2.05, 4.69) is 6.92 Å². The van der Waals surface area contributed by atoms with Gasteiger partial charge in [0.05, 0.1) is 0 Å². The molecular weight excluding hydrogens is 433 g/mol. The van der Waals surface area contributed by atoms with Crippen LogP contribution in [0.3, 0.4) is 0 Å². The first-order valence-corrected chi connectivity index (χ1v) is 11.0. The van der Waals surface area contributed by atoms with Crippen LogP contribution in [-0.4, -0.2) is 12.1 Å². The predicted molar refractivity (Wildman–Crippen MR) is 111 cm³/mol. The number of hydrogen-bond donors (Lipinski definition) is 0. The summed E-state index contributed by atoms with van der Waals surface area (Å²) in [4.78, 5) is 0. The van der Waals surface area contributed by atoms with E-state index in [1.165, 1.54) is 37.7 Å². The number of unbranched alkanes of at least 4 members (excludes halogenated alkanes) is 1. The summed E-state index contributed by atoms with van der Waals surface area (Å²) in [5, 5.41) is 0. The Morgan fingerprint density at radius 1 is 0.719 bits per heavy atom. The maximum atomic E-state index is 13.8. The zero-order chi connectivity index (χ0) is 23.6. The van der Waals surface area contributed by atoms with Crippen LogP contribution < -0.4 is 0 Å². The monoisotopic (exact) mass is 460 g/mol. The Morgan fingerprint density at radius 2 is 1.22 bits per heavy atom. The molecule has 0 unspecified atom stereocenters. The van der Waals surface area contributed by atoms with Crippen molar-refractivity contribution in [1.82, 2.24) is 0 Å². The average molecular weight is 460 g/mol. The molecule has 3 rings (SSSR count). The number of rotatable bonds is 7. The van der Waals surface area contributed by atoms with E-state index in [0.717, 1.165) is 30.9 Å². The molecule has 0 radical (unpaired) electrons. The van der Waals surface area contributed by atoms with Crippen molar-refractivity contribution in [2.45, 2.75) is 75.8 Å². The molecule has 0 atom stereocenters. The van der Waals surface area contributed by atoms with Gasteiger partial charge in [0, 0.05) is 5.56 Å².